The Hall–Kier alpha value is -2.24. The fourth-order valence-electron chi connectivity index (χ4n) is 3.08. The molecule has 0 aliphatic carbocycles. The van der Waals surface area contributed by atoms with Gasteiger partial charge < -0.3 is 15.0 Å². The molecule has 2 aromatic carbocycles. The Bertz CT molecular complexity index is 728. The third kappa shape index (κ3) is 4.90. The van der Waals surface area contributed by atoms with Gasteiger partial charge in [0.05, 0.1) is 7.11 Å². The molecule has 1 heterocycles. The summed E-state index contributed by atoms with van der Waals surface area (Å²) in [5.74, 6) is 0.798. The highest BCUT2D eigenvalue weighted by molar-refractivity contribution is 6.30. The summed E-state index contributed by atoms with van der Waals surface area (Å²) in [4.78, 5) is 16.9. The molecule has 138 valence electrons. The van der Waals surface area contributed by atoms with Crippen LogP contribution >= 0.6 is 11.6 Å². The third-order valence-electron chi connectivity index (χ3n) is 4.61. The SMILES string of the molecule is COc1ccc(N2CCN(CCNC(=O)c3cccc(Cl)c3)CC2)cc1. The molecule has 0 aromatic heterocycles. The largest absolute Gasteiger partial charge is 0.497 e. The maximum absolute atomic E-state index is 12.1. The molecule has 1 N–H and O–H groups in total. The average Bonchev–Trinajstić information content (AvgIpc) is 2.68. The van der Waals surface area contributed by atoms with E-state index in [1.54, 1.807) is 31.4 Å². The van der Waals surface area contributed by atoms with Crippen LogP contribution in [0, 0.1) is 0 Å². The fraction of sp³-hybridized carbons (Fsp3) is 0.350. The Kier molecular flexibility index (Phi) is 6.36. The molecule has 3 rings (SSSR count). The van der Waals surface area contributed by atoms with Gasteiger partial charge in [0.15, 0.2) is 0 Å². The number of anilines is 1. The highest BCUT2D eigenvalue weighted by Gasteiger charge is 2.17. The minimum absolute atomic E-state index is 0.0793. The maximum atomic E-state index is 12.1. The number of hydrogen-bond acceptors (Lipinski definition) is 4. The summed E-state index contributed by atoms with van der Waals surface area (Å²) >= 11 is 5.93. The van der Waals surface area contributed by atoms with Gasteiger partial charge >= 0.3 is 0 Å². The molecule has 0 bridgehead atoms. The van der Waals surface area contributed by atoms with E-state index in [2.05, 4.69) is 27.2 Å². The molecule has 26 heavy (non-hydrogen) atoms. The Balaban J connectivity index is 1.40. The second-order valence-corrected chi connectivity index (χ2v) is 6.73. The first-order chi connectivity index (χ1) is 12.7. The van der Waals surface area contributed by atoms with Gasteiger partial charge in [-0.25, -0.2) is 0 Å². The van der Waals surface area contributed by atoms with Crippen molar-refractivity contribution in [1.82, 2.24) is 10.2 Å². The maximum Gasteiger partial charge on any atom is 0.251 e. The smallest absolute Gasteiger partial charge is 0.251 e. The van der Waals surface area contributed by atoms with Crippen molar-refractivity contribution in [2.75, 3.05) is 51.3 Å². The van der Waals surface area contributed by atoms with Crippen LogP contribution in [0.3, 0.4) is 0 Å². The van der Waals surface area contributed by atoms with Gasteiger partial charge in [0, 0.05) is 55.5 Å². The van der Waals surface area contributed by atoms with Gasteiger partial charge in [0.1, 0.15) is 5.75 Å². The molecule has 0 saturated carbocycles. The lowest BCUT2D eigenvalue weighted by molar-refractivity contribution is 0.0948. The fourth-order valence-corrected chi connectivity index (χ4v) is 3.27. The zero-order valence-electron chi connectivity index (χ0n) is 15.0. The average molecular weight is 374 g/mol. The van der Waals surface area contributed by atoms with Crippen molar-refractivity contribution in [2.24, 2.45) is 0 Å². The van der Waals surface area contributed by atoms with Gasteiger partial charge in [-0.2, -0.15) is 0 Å². The first-order valence-corrected chi connectivity index (χ1v) is 9.18. The minimum Gasteiger partial charge on any atom is -0.497 e. The Morgan fingerprint density at radius 3 is 2.50 bits per heavy atom. The first kappa shape index (κ1) is 18.5. The lowest BCUT2D eigenvalue weighted by atomic mass is 10.2. The molecule has 0 spiro atoms. The number of rotatable bonds is 6. The number of methoxy groups -OCH3 is 1. The van der Waals surface area contributed by atoms with E-state index in [9.17, 15) is 4.79 Å². The van der Waals surface area contributed by atoms with Crippen molar-refractivity contribution < 1.29 is 9.53 Å². The Morgan fingerprint density at radius 1 is 1.12 bits per heavy atom. The van der Waals surface area contributed by atoms with Crippen molar-refractivity contribution in [2.45, 2.75) is 0 Å². The predicted molar refractivity (Wildman–Crippen MR) is 105 cm³/mol. The number of carbonyl (C=O) groups excluding carboxylic acids is 1. The lowest BCUT2D eigenvalue weighted by Gasteiger charge is -2.36. The molecule has 5 nitrogen and oxygen atoms in total. The van der Waals surface area contributed by atoms with E-state index in [-0.39, 0.29) is 5.91 Å². The second-order valence-electron chi connectivity index (χ2n) is 6.29. The van der Waals surface area contributed by atoms with Crippen LogP contribution in [0.4, 0.5) is 5.69 Å². The lowest BCUT2D eigenvalue weighted by Crippen LogP contribution is -2.48. The van der Waals surface area contributed by atoms with E-state index in [0.29, 0.717) is 17.1 Å². The van der Waals surface area contributed by atoms with Crippen LogP contribution in [0.5, 0.6) is 5.75 Å². The molecule has 1 amide bonds. The van der Waals surface area contributed by atoms with E-state index >= 15 is 0 Å². The number of benzene rings is 2. The van der Waals surface area contributed by atoms with Crippen LogP contribution in [0.2, 0.25) is 5.02 Å². The molecule has 2 aromatic rings. The molecule has 0 atom stereocenters. The molecular formula is C20H24ClN3O2. The summed E-state index contributed by atoms with van der Waals surface area (Å²) in [5, 5.41) is 3.54. The van der Waals surface area contributed by atoms with Crippen LogP contribution < -0.4 is 15.0 Å². The Labute approximate surface area is 159 Å². The molecule has 1 fully saturated rings. The van der Waals surface area contributed by atoms with Gasteiger partial charge in [-0.05, 0) is 42.5 Å². The van der Waals surface area contributed by atoms with Crippen LogP contribution in [-0.4, -0.2) is 57.2 Å². The molecule has 0 radical (unpaired) electrons. The number of nitrogens with one attached hydrogen (secondary N) is 1. The van der Waals surface area contributed by atoms with E-state index in [1.807, 2.05) is 12.1 Å². The number of nitrogens with zero attached hydrogens (tertiary/aromatic N) is 2. The molecule has 1 saturated heterocycles. The predicted octanol–water partition coefficient (Wildman–Crippen LogP) is 2.90. The van der Waals surface area contributed by atoms with Crippen molar-refractivity contribution in [3.8, 4) is 5.75 Å². The standard InChI is InChI=1S/C20H24ClN3O2/c1-26-19-7-5-18(6-8-19)24-13-11-23(12-14-24)10-9-22-20(25)16-3-2-4-17(21)15-16/h2-8,15H,9-14H2,1H3,(H,22,25). The number of piperazine rings is 1. The highest BCUT2D eigenvalue weighted by atomic mass is 35.5. The van der Waals surface area contributed by atoms with Gasteiger partial charge in [0.25, 0.3) is 5.91 Å². The Morgan fingerprint density at radius 2 is 1.85 bits per heavy atom. The van der Waals surface area contributed by atoms with Crippen molar-refractivity contribution in [3.05, 3.63) is 59.1 Å². The van der Waals surface area contributed by atoms with Crippen LogP contribution in [-0.2, 0) is 0 Å². The van der Waals surface area contributed by atoms with E-state index in [1.165, 1.54) is 5.69 Å². The van der Waals surface area contributed by atoms with Crippen LogP contribution in [0.25, 0.3) is 0 Å². The highest BCUT2D eigenvalue weighted by Crippen LogP contribution is 2.20. The second kappa shape index (κ2) is 8.92. The summed E-state index contributed by atoms with van der Waals surface area (Å²) in [6.07, 6.45) is 0. The van der Waals surface area contributed by atoms with E-state index < -0.39 is 0 Å². The number of carbonyl (C=O) groups is 1. The number of halogens is 1. The summed E-state index contributed by atoms with van der Waals surface area (Å²) in [5.41, 5.74) is 1.82. The molecule has 1 aliphatic heterocycles. The number of amides is 1. The normalized spacial score (nSPS) is 14.9. The van der Waals surface area contributed by atoms with Gasteiger partial charge in [-0.1, -0.05) is 17.7 Å². The molecule has 1 aliphatic rings. The molecule has 0 unspecified atom stereocenters. The summed E-state index contributed by atoms with van der Waals surface area (Å²) < 4.78 is 5.21. The molecular weight excluding hydrogens is 350 g/mol. The van der Waals surface area contributed by atoms with Crippen LogP contribution in [0.1, 0.15) is 10.4 Å². The third-order valence-corrected chi connectivity index (χ3v) is 4.85. The topological polar surface area (TPSA) is 44.8 Å². The van der Waals surface area contributed by atoms with Crippen molar-refractivity contribution in [1.29, 1.82) is 0 Å². The minimum atomic E-state index is -0.0793. The van der Waals surface area contributed by atoms with Crippen LogP contribution in [0.15, 0.2) is 48.5 Å². The van der Waals surface area contributed by atoms with Crippen molar-refractivity contribution in [3.63, 3.8) is 0 Å². The van der Waals surface area contributed by atoms with Crippen molar-refractivity contribution >= 4 is 23.2 Å². The van der Waals surface area contributed by atoms with Gasteiger partial charge in [-0.3, -0.25) is 9.69 Å². The summed E-state index contributed by atoms with van der Waals surface area (Å²) in [6, 6.07) is 15.2. The zero-order chi connectivity index (χ0) is 18.4. The van der Waals surface area contributed by atoms with E-state index in [0.717, 1.165) is 38.5 Å². The van der Waals surface area contributed by atoms with Gasteiger partial charge in [-0.15, -0.1) is 0 Å². The quantitative estimate of drug-likeness (QED) is 0.845. The van der Waals surface area contributed by atoms with Gasteiger partial charge in [0.2, 0.25) is 0 Å². The van der Waals surface area contributed by atoms with E-state index in [4.69, 9.17) is 16.3 Å². The summed E-state index contributed by atoms with van der Waals surface area (Å²) in [6.45, 7) is 5.41. The zero-order valence-corrected chi connectivity index (χ0v) is 15.7. The first-order valence-electron chi connectivity index (χ1n) is 8.81. The monoisotopic (exact) mass is 373 g/mol. The summed E-state index contributed by atoms with van der Waals surface area (Å²) in [7, 11) is 1.68. The number of hydrogen-bond donors (Lipinski definition) is 1. The molecule has 6 heteroatoms. The number of ether oxygens (including phenoxy) is 1.